The molecule has 0 amide bonds. The summed E-state index contributed by atoms with van der Waals surface area (Å²) >= 11 is 0. The summed E-state index contributed by atoms with van der Waals surface area (Å²) in [6.07, 6.45) is 2.55. The third kappa shape index (κ3) is 7.01. The Balaban J connectivity index is 1.35. The molecule has 0 spiro atoms. The first-order chi connectivity index (χ1) is 23.9. The van der Waals surface area contributed by atoms with E-state index < -0.39 is 30.1 Å². The second-order valence-electron chi connectivity index (χ2n) is 10.5. The number of nitro benzene ring substituents is 2. The van der Waals surface area contributed by atoms with Gasteiger partial charge in [0.15, 0.2) is 11.5 Å². The second-order valence-corrected chi connectivity index (χ2v) is 13.6. The molecule has 0 N–H and O–H groups in total. The minimum absolute atomic E-state index is 0.0932. The molecule has 0 aliphatic heterocycles. The lowest BCUT2D eigenvalue weighted by Gasteiger charge is -2.12. The van der Waals surface area contributed by atoms with E-state index in [4.69, 9.17) is 8.37 Å². The Morgan fingerprint density at radius 2 is 0.860 bits per heavy atom. The number of fused-ring (bicyclic) bond motifs is 2. The van der Waals surface area contributed by atoms with Gasteiger partial charge >= 0.3 is 20.2 Å². The van der Waals surface area contributed by atoms with E-state index in [0.29, 0.717) is 10.8 Å². The van der Waals surface area contributed by atoms with E-state index in [9.17, 15) is 37.1 Å². The van der Waals surface area contributed by atoms with Gasteiger partial charge in [-0.3, -0.25) is 20.2 Å². The Bertz CT molecular complexity index is 2390. The number of benzene rings is 6. The zero-order valence-corrected chi connectivity index (χ0v) is 27.0. The van der Waals surface area contributed by atoms with Crippen molar-refractivity contribution < 1.29 is 35.0 Å². The topological polar surface area (TPSA) is 198 Å². The highest BCUT2D eigenvalue weighted by Gasteiger charge is 2.22. The summed E-state index contributed by atoms with van der Waals surface area (Å²) in [5.74, 6) is -0.186. The molecule has 0 heterocycles. The highest BCUT2D eigenvalue weighted by molar-refractivity contribution is 7.87. The molecule has 0 radical (unpaired) electrons. The Morgan fingerprint density at radius 1 is 0.500 bits per heavy atom. The molecule has 0 saturated carbocycles. The molecule has 50 heavy (non-hydrogen) atoms. The molecule has 6 aromatic rings. The van der Waals surface area contributed by atoms with Crippen molar-refractivity contribution in [1.29, 1.82) is 0 Å². The van der Waals surface area contributed by atoms with E-state index >= 15 is 0 Å². The van der Waals surface area contributed by atoms with Gasteiger partial charge in [-0.05, 0) is 57.9 Å². The molecule has 0 aliphatic rings. The van der Waals surface area contributed by atoms with Crippen molar-refractivity contribution in [3.05, 3.63) is 153 Å². The van der Waals surface area contributed by atoms with Crippen LogP contribution in [0.1, 0.15) is 11.1 Å². The van der Waals surface area contributed by atoms with Crippen molar-refractivity contribution in [2.24, 2.45) is 10.2 Å². The number of rotatable bonds is 11. The lowest BCUT2D eigenvalue weighted by molar-refractivity contribution is -0.385. The zero-order valence-electron chi connectivity index (χ0n) is 25.4. The van der Waals surface area contributed by atoms with Crippen LogP contribution in [-0.4, -0.2) is 39.1 Å². The number of nitrogens with zero attached hydrogens (tertiary/aromatic N) is 4. The number of nitro groups is 2. The average Bonchev–Trinajstić information content (AvgIpc) is 3.11. The van der Waals surface area contributed by atoms with Gasteiger partial charge in [0.05, 0.1) is 22.3 Å². The molecular weight excluding hydrogens is 689 g/mol. The minimum atomic E-state index is -4.43. The van der Waals surface area contributed by atoms with Crippen LogP contribution in [0.5, 0.6) is 11.5 Å². The first kappa shape index (κ1) is 33.4. The molecule has 0 unspecified atom stereocenters. The monoisotopic (exact) mass is 710 g/mol. The van der Waals surface area contributed by atoms with E-state index in [2.05, 4.69) is 10.2 Å². The fourth-order valence-electron chi connectivity index (χ4n) is 4.95. The molecule has 250 valence electrons. The van der Waals surface area contributed by atoms with Crippen molar-refractivity contribution in [1.82, 2.24) is 0 Å². The third-order valence-electron chi connectivity index (χ3n) is 7.37. The standard InChI is InChI=1S/C34H22N4O10S2/c39-37(40)25-11-15-27(16-12-25)49(43,44)47-33-19-9-23-5-1-3-7-29(23)31(33)21-35-36-22-32-30-8-4-2-6-24(30)10-20-34(32)48-50(45,46)28-17-13-26(14-18-28)38(41)42/h1-22H/b35-21-,36-22-. The van der Waals surface area contributed by atoms with E-state index in [1.807, 2.05) is 0 Å². The first-order valence-corrected chi connectivity index (χ1v) is 17.2. The van der Waals surface area contributed by atoms with E-state index in [0.717, 1.165) is 59.3 Å². The molecule has 0 fully saturated rings. The molecule has 16 heteroatoms. The second kappa shape index (κ2) is 13.5. The van der Waals surface area contributed by atoms with Gasteiger partial charge in [0.25, 0.3) is 11.4 Å². The van der Waals surface area contributed by atoms with Crippen LogP contribution in [0.25, 0.3) is 21.5 Å². The number of hydrogen-bond donors (Lipinski definition) is 0. The molecule has 0 saturated heterocycles. The molecule has 6 aromatic carbocycles. The maximum atomic E-state index is 13.2. The van der Waals surface area contributed by atoms with E-state index in [-0.39, 0.29) is 43.8 Å². The van der Waals surface area contributed by atoms with Crippen molar-refractivity contribution in [2.75, 3.05) is 0 Å². The lowest BCUT2D eigenvalue weighted by Crippen LogP contribution is -2.11. The van der Waals surface area contributed by atoms with Crippen LogP contribution in [0.2, 0.25) is 0 Å². The van der Waals surface area contributed by atoms with Gasteiger partial charge in [-0.15, -0.1) is 0 Å². The SMILES string of the molecule is O=[N+]([O-])c1ccc(S(=O)(=O)Oc2ccc3ccccc3c2/C=N\N=C/c2c(OS(=O)(=O)c3ccc([N+](=O)[O-])cc3)ccc3ccccc23)cc1. The normalized spacial score (nSPS) is 12.1. The van der Waals surface area contributed by atoms with Crippen molar-refractivity contribution in [2.45, 2.75) is 9.79 Å². The lowest BCUT2D eigenvalue weighted by atomic mass is 10.0. The summed E-state index contributed by atoms with van der Waals surface area (Å²) in [6, 6.07) is 28.8. The Kier molecular flexibility index (Phi) is 9.04. The quantitative estimate of drug-likeness (QED) is 0.0596. The highest BCUT2D eigenvalue weighted by atomic mass is 32.2. The smallest absolute Gasteiger partial charge is 0.339 e. The average molecular weight is 711 g/mol. The van der Waals surface area contributed by atoms with Crippen LogP contribution in [0.3, 0.4) is 0 Å². The summed E-state index contributed by atoms with van der Waals surface area (Å²) in [5, 5.41) is 32.9. The molecule has 14 nitrogen and oxygen atoms in total. The summed E-state index contributed by atoms with van der Waals surface area (Å²) in [6.45, 7) is 0. The van der Waals surface area contributed by atoms with E-state index in [1.54, 1.807) is 60.7 Å². The largest absolute Gasteiger partial charge is 0.378 e. The predicted molar refractivity (Wildman–Crippen MR) is 185 cm³/mol. The van der Waals surface area contributed by atoms with Gasteiger partial charge in [0, 0.05) is 35.4 Å². The molecular formula is C34H22N4O10S2. The maximum absolute atomic E-state index is 13.2. The summed E-state index contributed by atoms with van der Waals surface area (Å²) in [5.41, 5.74) is -0.0742. The molecule has 0 bridgehead atoms. The maximum Gasteiger partial charge on any atom is 0.339 e. The molecule has 0 aromatic heterocycles. The van der Waals surface area contributed by atoms with Crippen molar-refractivity contribution >= 4 is 65.6 Å². The van der Waals surface area contributed by atoms with Crippen LogP contribution in [0.4, 0.5) is 11.4 Å². The first-order valence-electron chi connectivity index (χ1n) is 14.4. The van der Waals surface area contributed by atoms with Crippen LogP contribution in [0, 0.1) is 20.2 Å². The van der Waals surface area contributed by atoms with Crippen LogP contribution in [0.15, 0.2) is 141 Å². The summed E-state index contributed by atoms with van der Waals surface area (Å²) < 4.78 is 63.6. The van der Waals surface area contributed by atoms with Crippen LogP contribution >= 0.6 is 0 Å². The summed E-state index contributed by atoms with van der Waals surface area (Å²) in [4.78, 5) is 20.1. The Morgan fingerprint density at radius 3 is 1.22 bits per heavy atom. The number of hydrogen-bond acceptors (Lipinski definition) is 12. The third-order valence-corrected chi connectivity index (χ3v) is 9.87. The fourth-order valence-corrected chi connectivity index (χ4v) is 6.84. The minimum Gasteiger partial charge on any atom is -0.378 e. The van der Waals surface area contributed by atoms with Gasteiger partial charge in [0.2, 0.25) is 0 Å². The highest BCUT2D eigenvalue weighted by Crippen LogP contribution is 2.31. The van der Waals surface area contributed by atoms with Gasteiger partial charge in [-0.25, -0.2) is 0 Å². The van der Waals surface area contributed by atoms with E-state index in [1.165, 1.54) is 24.6 Å². The Labute approximate surface area is 284 Å². The number of non-ortho nitro benzene ring substituents is 2. The van der Waals surface area contributed by atoms with Gasteiger partial charge in [0.1, 0.15) is 9.79 Å². The zero-order chi connectivity index (χ0) is 35.5. The van der Waals surface area contributed by atoms with Crippen molar-refractivity contribution in [3.63, 3.8) is 0 Å². The van der Waals surface area contributed by atoms with Crippen LogP contribution in [-0.2, 0) is 20.2 Å². The van der Waals surface area contributed by atoms with Gasteiger partial charge < -0.3 is 8.37 Å². The molecule has 6 rings (SSSR count). The molecule has 0 atom stereocenters. The van der Waals surface area contributed by atoms with Gasteiger partial charge in [-0.1, -0.05) is 60.7 Å². The predicted octanol–water partition coefficient (Wildman–Crippen LogP) is 6.80. The Hall–Kier alpha value is -6.52. The molecule has 0 aliphatic carbocycles. The van der Waals surface area contributed by atoms with Crippen LogP contribution < -0.4 is 8.37 Å². The van der Waals surface area contributed by atoms with Crippen molar-refractivity contribution in [3.8, 4) is 11.5 Å². The fraction of sp³-hybridized carbons (Fsp3) is 0. The van der Waals surface area contributed by atoms with Gasteiger partial charge in [-0.2, -0.15) is 27.0 Å². The summed E-state index contributed by atoms with van der Waals surface area (Å²) in [7, 11) is -8.85.